The van der Waals surface area contributed by atoms with Crippen molar-refractivity contribution in [3.63, 3.8) is 0 Å². The van der Waals surface area contributed by atoms with E-state index in [1.165, 1.54) is 10.6 Å². The zero-order chi connectivity index (χ0) is 15.5. The molecule has 1 aromatic heterocycles. The number of hydrogen-bond acceptors (Lipinski definition) is 3. The van der Waals surface area contributed by atoms with E-state index in [0.29, 0.717) is 5.92 Å². The van der Waals surface area contributed by atoms with E-state index in [4.69, 9.17) is 0 Å². The Bertz CT molecular complexity index is 670. The van der Waals surface area contributed by atoms with Crippen LogP contribution in [-0.2, 0) is 0 Å². The molecular formula is C17H19BrN2OS. The van der Waals surface area contributed by atoms with Crippen molar-refractivity contribution >= 4 is 38.9 Å². The fraction of sp³-hybridized carbons (Fsp3) is 0.353. The van der Waals surface area contributed by atoms with Gasteiger partial charge in [0.15, 0.2) is 0 Å². The summed E-state index contributed by atoms with van der Waals surface area (Å²) in [7, 11) is 0. The quantitative estimate of drug-likeness (QED) is 0.869. The highest BCUT2D eigenvalue weighted by Gasteiger charge is 2.23. The van der Waals surface area contributed by atoms with Crippen molar-refractivity contribution in [1.82, 2.24) is 5.32 Å². The molecule has 1 aliphatic heterocycles. The minimum atomic E-state index is 0.0546. The Morgan fingerprint density at radius 1 is 1.41 bits per heavy atom. The molecule has 0 saturated carbocycles. The molecule has 1 fully saturated rings. The minimum absolute atomic E-state index is 0.0546. The zero-order valence-electron chi connectivity index (χ0n) is 12.5. The number of thiophene rings is 1. The first-order chi connectivity index (χ1) is 10.6. The van der Waals surface area contributed by atoms with E-state index in [1.54, 1.807) is 11.3 Å². The lowest BCUT2D eigenvalue weighted by atomic mass is 10.1. The van der Waals surface area contributed by atoms with Crippen LogP contribution >= 0.6 is 27.3 Å². The first-order valence-electron chi connectivity index (χ1n) is 7.47. The number of halogens is 1. The van der Waals surface area contributed by atoms with Gasteiger partial charge in [-0.05, 0) is 49.6 Å². The largest absolute Gasteiger partial charge is 0.371 e. The smallest absolute Gasteiger partial charge is 0.261 e. The van der Waals surface area contributed by atoms with Crippen molar-refractivity contribution in [2.24, 2.45) is 5.92 Å². The van der Waals surface area contributed by atoms with E-state index in [2.05, 4.69) is 44.3 Å². The van der Waals surface area contributed by atoms with Crippen molar-refractivity contribution in [3.8, 4) is 0 Å². The van der Waals surface area contributed by atoms with E-state index in [-0.39, 0.29) is 5.91 Å². The fourth-order valence-electron chi connectivity index (χ4n) is 2.79. The van der Waals surface area contributed by atoms with E-state index in [9.17, 15) is 4.79 Å². The molecule has 1 aromatic carbocycles. The number of nitrogens with zero attached hydrogens (tertiary/aromatic N) is 1. The number of hydrogen-bond donors (Lipinski definition) is 1. The van der Waals surface area contributed by atoms with E-state index in [0.717, 1.165) is 35.4 Å². The molecule has 1 atom stereocenters. The molecule has 0 bridgehead atoms. The predicted octanol–water partition coefficient (Wildman–Crippen LogP) is 4.08. The molecule has 2 heterocycles. The summed E-state index contributed by atoms with van der Waals surface area (Å²) in [5, 5.41) is 3.07. The second-order valence-corrected chi connectivity index (χ2v) is 7.90. The van der Waals surface area contributed by atoms with Gasteiger partial charge in [0.25, 0.3) is 5.91 Å². The Balaban J connectivity index is 1.52. The lowest BCUT2D eigenvalue weighted by molar-refractivity contribution is 0.0952. The lowest BCUT2D eigenvalue weighted by Crippen LogP contribution is -2.30. The summed E-state index contributed by atoms with van der Waals surface area (Å²) in [5.41, 5.74) is 1.25. The SMILES string of the molecule is Cc1ccc(C(=O)NCC2CCN(c3cccc(Br)c3)C2)s1. The van der Waals surface area contributed by atoms with Crippen molar-refractivity contribution in [3.05, 3.63) is 50.6 Å². The summed E-state index contributed by atoms with van der Waals surface area (Å²) in [5.74, 6) is 0.572. The Morgan fingerprint density at radius 3 is 3.00 bits per heavy atom. The summed E-state index contributed by atoms with van der Waals surface area (Å²) in [6.07, 6.45) is 1.12. The average molecular weight is 379 g/mol. The third kappa shape index (κ3) is 3.70. The van der Waals surface area contributed by atoms with Crippen LogP contribution in [0.1, 0.15) is 21.0 Å². The van der Waals surface area contributed by atoms with Crippen LogP contribution in [0.5, 0.6) is 0 Å². The summed E-state index contributed by atoms with van der Waals surface area (Å²) in [6.45, 7) is 4.82. The Labute approximate surface area is 143 Å². The van der Waals surface area contributed by atoms with Gasteiger partial charge in [-0.3, -0.25) is 4.79 Å². The van der Waals surface area contributed by atoms with E-state index in [1.807, 2.05) is 25.1 Å². The zero-order valence-corrected chi connectivity index (χ0v) is 14.9. The molecule has 0 spiro atoms. The number of carbonyl (C=O) groups excluding carboxylic acids is 1. The maximum absolute atomic E-state index is 12.1. The molecule has 3 rings (SSSR count). The third-order valence-electron chi connectivity index (χ3n) is 3.97. The molecule has 22 heavy (non-hydrogen) atoms. The summed E-state index contributed by atoms with van der Waals surface area (Å²) >= 11 is 5.07. The molecule has 2 aromatic rings. The Morgan fingerprint density at radius 2 is 2.27 bits per heavy atom. The molecule has 116 valence electrons. The molecule has 1 saturated heterocycles. The summed E-state index contributed by atoms with van der Waals surface area (Å²) in [6, 6.07) is 12.3. The van der Waals surface area contributed by atoms with Crippen LogP contribution in [0, 0.1) is 12.8 Å². The summed E-state index contributed by atoms with van der Waals surface area (Å²) < 4.78 is 1.11. The van der Waals surface area contributed by atoms with Crippen molar-refractivity contribution in [1.29, 1.82) is 0 Å². The molecule has 1 N–H and O–H groups in total. The van der Waals surface area contributed by atoms with Crippen LogP contribution in [0.25, 0.3) is 0 Å². The number of aryl methyl sites for hydroxylation is 1. The topological polar surface area (TPSA) is 32.3 Å². The Hall–Kier alpha value is -1.33. The third-order valence-corrected chi connectivity index (χ3v) is 5.47. The van der Waals surface area contributed by atoms with Gasteiger partial charge >= 0.3 is 0 Å². The van der Waals surface area contributed by atoms with Gasteiger partial charge in [-0.1, -0.05) is 22.0 Å². The van der Waals surface area contributed by atoms with Crippen LogP contribution < -0.4 is 10.2 Å². The maximum Gasteiger partial charge on any atom is 0.261 e. The Kier molecular flexibility index (Phi) is 4.84. The first-order valence-corrected chi connectivity index (χ1v) is 9.08. The van der Waals surface area contributed by atoms with Crippen molar-refractivity contribution < 1.29 is 4.79 Å². The predicted molar refractivity (Wildman–Crippen MR) is 95.9 cm³/mol. The van der Waals surface area contributed by atoms with Crippen LogP contribution in [-0.4, -0.2) is 25.5 Å². The molecule has 5 heteroatoms. The van der Waals surface area contributed by atoms with Crippen LogP contribution in [0.3, 0.4) is 0 Å². The molecular weight excluding hydrogens is 360 g/mol. The number of carbonyl (C=O) groups is 1. The van der Waals surface area contributed by atoms with Gasteiger partial charge in [0.05, 0.1) is 4.88 Å². The van der Waals surface area contributed by atoms with Crippen LogP contribution in [0.15, 0.2) is 40.9 Å². The van der Waals surface area contributed by atoms with Gasteiger partial charge in [-0.25, -0.2) is 0 Å². The van der Waals surface area contributed by atoms with Crippen molar-refractivity contribution in [2.75, 3.05) is 24.5 Å². The van der Waals surface area contributed by atoms with Gasteiger partial charge in [0.2, 0.25) is 0 Å². The molecule has 0 aliphatic carbocycles. The maximum atomic E-state index is 12.1. The van der Waals surface area contributed by atoms with Gasteiger partial charge in [0, 0.05) is 34.7 Å². The molecule has 1 amide bonds. The minimum Gasteiger partial charge on any atom is -0.371 e. The highest BCUT2D eigenvalue weighted by atomic mass is 79.9. The van der Waals surface area contributed by atoms with E-state index < -0.39 is 0 Å². The highest BCUT2D eigenvalue weighted by Crippen LogP contribution is 2.26. The molecule has 1 unspecified atom stereocenters. The first kappa shape index (κ1) is 15.6. The number of benzene rings is 1. The highest BCUT2D eigenvalue weighted by molar-refractivity contribution is 9.10. The second kappa shape index (κ2) is 6.84. The monoisotopic (exact) mass is 378 g/mol. The van der Waals surface area contributed by atoms with Crippen LogP contribution in [0.4, 0.5) is 5.69 Å². The van der Waals surface area contributed by atoms with Gasteiger partial charge in [-0.15, -0.1) is 11.3 Å². The molecule has 0 radical (unpaired) electrons. The number of amides is 1. The van der Waals surface area contributed by atoms with Crippen molar-refractivity contribution in [2.45, 2.75) is 13.3 Å². The van der Waals surface area contributed by atoms with Gasteiger partial charge in [-0.2, -0.15) is 0 Å². The van der Waals surface area contributed by atoms with E-state index >= 15 is 0 Å². The van der Waals surface area contributed by atoms with Crippen LogP contribution in [0.2, 0.25) is 0 Å². The second-order valence-electron chi connectivity index (χ2n) is 5.70. The van der Waals surface area contributed by atoms with Gasteiger partial charge < -0.3 is 10.2 Å². The standard InChI is InChI=1S/C17H19BrN2OS/c1-12-5-6-16(22-12)17(21)19-10-13-7-8-20(11-13)15-4-2-3-14(18)9-15/h2-6,9,13H,7-8,10-11H2,1H3,(H,19,21). The van der Waals surface area contributed by atoms with Gasteiger partial charge in [0.1, 0.15) is 0 Å². The lowest BCUT2D eigenvalue weighted by Gasteiger charge is -2.19. The average Bonchev–Trinajstić information content (AvgIpc) is 3.14. The fourth-order valence-corrected chi connectivity index (χ4v) is 3.96. The number of nitrogens with one attached hydrogen (secondary N) is 1. The molecule has 3 nitrogen and oxygen atoms in total. The number of anilines is 1. The molecule has 1 aliphatic rings. The number of rotatable bonds is 4. The summed E-state index contributed by atoms with van der Waals surface area (Å²) in [4.78, 5) is 16.5. The normalized spacial score (nSPS) is 17.7.